The van der Waals surface area contributed by atoms with Gasteiger partial charge in [0, 0.05) is 11.8 Å². The standard InChI is InChI=1S/C18H14F2N4O/c1-11-21-16(18(25)24-15-5-3-2-4-14(15)20)10-17(22-11)23-13-8-6-12(19)7-9-13/h2-10H,1H3,(H,24,25)(H,21,22,23). The van der Waals surface area contributed by atoms with Gasteiger partial charge < -0.3 is 10.6 Å². The minimum Gasteiger partial charge on any atom is -0.340 e. The third-order valence-corrected chi connectivity index (χ3v) is 3.31. The van der Waals surface area contributed by atoms with E-state index in [4.69, 9.17) is 0 Å². The average Bonchev–Trinajstić information content (AvgIpc) is 2.58. The number of carbonyl (C=O) groups excluding carboxylic acids is 1. The Balaban J connectivity index is 1.82. The van der Waals surface area contributed by atoms with Crippen molar-refractivity contribution in [2.24, 2.45) is 0 Å². The number of hydrogen-bond acceptors (Lipinski definition) is 4. The van der Waals surface area contributed by atoms with E-state index in [-0.39, 0.29) is 17.2 Å². The third-order valence-electron chi connectivity index (χ3n) is 3.31. The summed E-state index contributed by atoms with van der Waals surface area (Å²) in [7, 11) is 0. The van der Waals surface area contributed by atoms with E-state index >= 15 is 0 Å². The molecule has 1 heterocycles. The van der Waals surface area contributed by atoms with Crippen molar-refractivity contribution in [3.05, 3.63) is 77.8 Å². The van der Waals surface area contributed by atoms with Crippen molar-refractivity contribution in [3.63, 3.8) is 0 Å². The summed E-state index contributed by atoms with van der Waals surface area (Å²) in [6.07, 6.45) is 0. The van der Waals surface area contributed by atoms with E-state index in [1.54, 1.807) is 25.1 Å². The minimum absolute atomic E-state index is 0.0665. The van der Waals surface area contributed by atoms with Gasteiger partial charge in [-0.3, -0.25) is 4.79 Å². The van der Waals surface area contributed by atoms with Crippen molar-refractivity contribution in [2.45, 2.75) is 6.92 Å². The molecule has 7 heteroatoms. The normalized spacial score (nSPS) is 10.4. The van der Waals surface area contributed by atoms with E-state index in [9.17, 15) is 13.6 Å². The van der Waals surface area contributed by atoms with Gasteiger partial charge in [-0.05, 0) is 43.3 Å². The smallest absolute Gasteiger partial charge is 0.274 e. The molecule has 1 amide bonds. The molecular weight excluding hydrogens is 326 g/mol. The first kappa shape index (κ1) is 16.5. The molecule has 0 atom stereocenters. The highest BCUT2D eigenvalue weighted by atomic mass is 19.1. The van der Waals surface area contributed by atoms with Gasteiger partial charge in [-0.25, -0.2) is 18.7 Å². The fourth-order valence-electron chi connectivity index (χ4n) is 2.18. The first-order valence-electron chi connectivity index (χ1n) is 7.45. The maximum Gasteiger partial charge on any atom is 0.274 e. The van der Waals surface area contributed by atoms with E-state index in [1.807, 2.05) is 0 Å². The molecule has 3 aromatic rings. The van der Waals surface area contributed by atoms with Gasteiger partial charge in [0.05, 0.1) is 5.69 Å². The molecule has 0 aliphatic rings. The van der Waals surface area contributed by atoms with Crippen LogP contribution in [-0.2, 0) is 0 Å². The molecule has 3 rings (SSSR count). The van der Waals surface area contributed by atoms with Crippen LogP contribution in [0.25, 0.3) is 0 Å². The predicted molar refractivity (Wildman–Crippen MR) is 90.8 cm³/mol. The number of aromatic nitrogens is 2. The summed E-state index contributed by atoms with van der Waals surface area (Å²) in [5.74, 6) is -0.706. The van der Waals surface area contributed by atoms with Crippen molar-refractivity contribution in [1.29, 1.82) is 0 Å². The summed E-state index contributed by atoms with van der Waals surface area (Å²) in [4.78, 5) is 20.6. The van der Waals surface area contributed by atoms with E-state index in [1.165, 1.54) is 36.4 Å². The summed E-state index contributed by atoms with van der Waals surface area (Å²) in [5, 5.41) is 5.44. The highest BCUT2D eigenvalue weighted by Crippen LogP contribution is 2.18. The molecule has 2 N–H and O–H groups in total. The number of halogens is 2. The zero-order chi connectivity index (χ0) is 17.8. The van der Waals surface area contributed by atoms with Crippen molar-refractivity contribution in [2.75, 3.05) is 10.6 Å². The van der Waals surface area contributed by atoms with Gasteiger partial charge in [0.25, 0.3) is 5.91 Å². The Morgan fingerprint density at radius 1 is 1.00 bits per heavy atom. The molecule has 0 unspecified atom stereocenters. The van der Waals surface area contributed by atoms with Crippen LogP contribution in [0.2, 0.25) is 0 Å². The molecular formula is C18H14F2N4O. The zero-order valence-corrected chi connectivity index (χ0v) is 13.3. The summed E-state index contributed by atoms with van der Waals surface area (Å²) in [6, 6.07) is 13.0. The van der Waals surface area contributed by atoms with Crippen LogP contribution in [0.3, 0.4) is 0 Å². The molecule has 0 aliphatic heterocycles. The highest BCUT2D eigenvalue weighted by molar-refractivity contribution is 6.03. The number of anilines is 3. The average molecular weight is 340 g/mol. The molecule has 126 valence electrons. The first-order chi connectivity index (χ1) is 12.0. The number of aryl methyl sites for hydroxylation is 1. The number of nitrogens with zero attached hydrogens (tertiary/aromatic N) is 2. The van der Waals surface area contributed by atoms with Gasteiger partial charge in [-0.1, -0.05) is 12.1 Å². The molecule has 25 heavy (non-hydrogen) atoms. The third kappa shape index (κ3) is 4.14. The van der Waals surface area contributed by atoms with Gasteiger partial charge in [0.2, 0.25) is 0 Å². The molecule has 0 fully saturated rings. The molecule has 0 aliphatic carbocycles. The number of amides is 1. The number of nitrogens with one attached hydrogen (secondary N) is 2. The van der Waals surface area contributed by atoms with Crippen molar-refractivity contribution in [3.8, 4) is 0 Å². The van der Waals surface area contributed by atoms with Crippen LogP contribution in [0, 0.1) is 18.6 Å². The van der Waals surface area contributed by atoms with E-state index < -0.39 is 11.7 Å². The Morgan fingerprint density at radius 3 is 2.44 bits per heavy atom. The second-order valence-electron chi connectivity index (χ2n) is 5.25. The van der Waals surface area contributed by atoms with Crippen molar-refractivity contribution in [1.82, 2.24) is 9.97 Å². The van der Waals surface area contributed by atoms with Crippen LogP contribution >= 0.6 is 0 Å². The molecule has 0 radical (unpaired) electrons. The first-order valence-corrected chi connectivity index (χ1v) is 7.45. The number of hydrogen-bond donors (Lipinski definition) is 2. The Morgan fingerprint density at radius 2 is 1.72 bits per heavy atom. The van der Waals surface area contributed by atoms with Crippen LogP contribution in [-0.4, -0.2) is 15.9 Å². The maximum absolute atomic E-state index is 13.7. The highest BCUT2D eigenvalue weighted by Gasteiger charge is 2.13. The molecule has 0 bridgehead atoms. The van der Waals surface area contributed by atoms with Crippen LogP contribution in [0.15, 0.2) is 54.6 Å². The Kier molecular flexibility index (Phi) is 4.65. The van der Waals surface area contributed by atoms with E-state index in [2.05, 4.69) is 20.6 Å². The van der Waals surface area contributed by atoms with Gasteiger partial charge >= 0.3 is 0 Å². The number of carbonyl (C=O) groups is 1. The lowest BCUT2D eigenvalue weighted by atomic mass is 10.2. The Labute approximate surface area is 142 Å². The van der Waals surface area contributed by atoms with Gasteiger partial charge in [0.15, 0.2) is 0 Å². The number of para-hydroxylation sites is 1. The fraction of sp³-hybridized carbons (Fsp3) is 0.0556. The van der Waals surface area contributed by atoms with E-state index in [0.717, 1.165) is 0 Å². The number of rotatable bonds is 4. The molecule has 2 aromatic carbocycles. The minimum atomic E-state index is -0.558. The topological polar surface area (TPSA) is 66.9 Å². The lowest BCUT2D eigenvalue weighted by molar-refractivity contribution is 0.102. The zero-order valence-electron chi connectivity index (χ0n) is 13.3. The molecule has 0 saturated carbocycles. The Hall–Kier alpha value is -3.35. The summed E-state index contributed by atoms with van der Waals surface area (Å²) >= 11 is 0. The lowest BCUT2D eigenvalue weighted by Gasteiger charge is -2.09. The second kappa shape index (κ2) is 7.04. The van der Waals surface area contributed by atoms with E-state index in [0.29, 0.717) is 17.3 Å². The lowest BCUT2D eigenvalue weighted by Crippen LogP contribution is -2.16. The maximum atomic E-state index is 13.7. The summed E-state index contributed by atoms with van der Waals surface area (Å²) in [5.41, 5.74) is 0.761. The summed E-state index contributed by atoms with van der Waals surface area (Å²) < 4.78 is 26.6. The molecule has 0 spiro atoms. The van der Waals surface area contributed by atoms with Crippen LogP contribution < -0.4 is 10.6 Å². The quantitative estimate of drug-likeness (QED) is 0.752. The van der Waals surface area contributed by atoms with Gasteiger partial charge in [0.1, 0.15) is 29.0 Å². The predicted octanol–water partition coefficient (Wildman–Crippen LogP) is 4.06. The van der Waals surface area contributed by atoms with Crippen LogP contribution in [0.5, 0.6) is 0 Å². The van der Waals surface area contributed by atoms with Gasteiger partial charge in [-0.2, -0.15) is 0 Å². The SMILES string of the molecule is Cc1nc(Nc2ccc(F)cc2)cc(C(=O)Nc2ccccc2F)n1. The Bertz CT molecular complexity index is 913. The van der Waals surface area contributed by atoms with Gasteiger partial charge in [-0.15, -0.1) is 0 Å². The monoisotopic (exact) mass is 340 g/mol. The molecule has 0 saturated heterocycles. The number of benzene rings is 2. The molecule has 5 nitrogen and oxygen atoms in total. The van der Waals surface area contributed by atoms with Crippen LogP contribution in [0.1, 0.15) is 16.3 Å². The summed E-state index contributed by atoms with van der Waals surface area (Å²) in [6.45, 7) is 1.63. The van der Waals surface area contributed by atoms with Crippen molar-refractivity contribution < 1.29 is 13.6 Å². The fourth-order valence-corrected chi connectivity index (χ4v) is 2.18. The molecule has 1 aromatic heterocycles. The largest absolute Gasteiger partial charge is 0.340 e. The van der Waals surface area contributed by atoms with Crippen LogP contribution in [0.4, 0.5) is 26.0 Å². The van der Waals surface area contributed by atoms with Crippen molar-refractivity contribution >= 4 is 23.1 Å². The second-order valence-corrected chi connectivity index (χ2v) is 5.25.